The number of fused-ring (bicyclic) bond motifs is 1. The van der Waals surface area contributed by atoms with E-state index in [0.29, 0.717) is 21.5 Å². The van der Waals surface area contributed by atoms with Gasteiger partial charge in [0.15, 0.2) is 11.5 Å². The van der Waals surface area contributed by atoms with Gasteiger partial charge in [0.1, 0.15) is 11.6 Å². The van der Waals surface area contributed by atoms with E-state index < -0.39 is 5.91 Å². The smallest absolute Gasteiger partial charge is 0.266 e. The molecule has 0 bridgehead atoms. The maximum Gasteiger partial charge on any atom is 0.266 e. The molecule has 2 aromatic rings. The second kappa shape index (κ2) is 6.99. The summed E-state index contributed by atoms with van der Waals surface area (Å²) in [7, 11) is 0. The number of rotatable bonds is 3. The molecule has 0 saturated carbocycles. The first kappa shape index (κ1) is 17.1. The van der Waals surface area contributed by atoms with Gasteiger partial charge in [-0.1, -0.05) is 18.2 Å². The zero-order chi connectivity index (χ0) is 18.0. The number of nitrogens with one attached hydrogen (secondary N) is 1. The number of benzene rings is 2. The predicted molar refractivity (Wildman–Crippen MR) is 98.4 cm³/mol. The molecule has 0 spiro atoms. The SMILES string of the molecule is Cc1cccc(C)c1NC(=O)/C(C#N)=C/c1cc(Br)c2c(c1)OCO2. The van der Waals surface area contributed by atoms with Crippen LogP contribution in [0.1, 0.15) is 16.7 Å². The fourth-order valence-corrected chi connectivity index (χ4v) is 3.15. The minimum atomic E-state index is -0.450. The Morgan fingerprint density at radius 1 is 1.28 bits per heavy atom. The van der Waals surface area contributed by atoms with Crippen molar-refractivity contribution in [3.8, 4) is 17.6 Å². The highest BCUT2D eigenvalue weighted by Crippen LogP contribution is 2.40. The van der Waals surface area contributed by atoms with E-state index in [1.807, 2.05) is 38.1 Å². The van der Waals surface area contributed by atoms with E-state index in [2.05, 4.69) is 21.2 Å². The molecule has 1 aliphatic rings. The van der Waals surface area contributed by atoms with Crippen LogP contribution in [-0.2, 0) is 4.79 Å². The van der Waals surface area contributed by atoms with Crippen LogP contribution in [0.5, 0.6) is 11.5 Å². The highest BCUT2D eigenvalue weighted by molar-refractivity contribution is 9.10. The minimum absolute atomic E-state index is 0.00779. The predicted octanol–water partition coefficient (Wildman–Crippen LogP) is 4.34. The maximum atomic E-state index is 12.5. The third-order valence-electron chi connectivity index (χ3n) is 3.85. The Bertz CT molecular complexity index is 909. The number of ether oxygens (including phenoxy) is 2. The number of amides is 1. The molecule has 0 aromatic heterocycles. The van der Waals surface area contributed by atoms with E-state index in [1.54, 1.807) is 12.1 Å². The number of hydrogen-bond donors (Lipinski definition) is 1. The van der Waals surface area contributed by atoms with Gasteiger partial charge < -0.3 is 14.8 Å². The molecule has 2 aromatic carbocycles. The molecule has 0 radical (unpaired) electrons. The molecule has 0 fully saturated rings. The van der Waals surface area contributed by atoms with E-state index >= 15 is 0 Å². The number of nitriles is 1. The summed E-state index contributed by atoms with van der Waals surface area (Å²) in [4.78, 5) is 12.5. The lowest BCUT2D eigenvalue weighted by molar-refractivity contribution is -0.112. The normalized spacial score (nSPS) is 12.6. The van der Waals surface area contributed by atoms with Gasteiger partial charge in [0.05, 0.1) is 4.47 Å². The monoisotopic (exact) mass is 398 g/mol. The first-order valence-corrected chi connectivity index (χ1v) is 8.37. The summed E-state index contributed by atoms with van der Waals surface area (Å²) in [5, 5.41) is 12.2. The van der Waals surface area contributed by atoms with Gasteiger partial charge in [-0.05, 0) is 64.7 Å². The number of halogens is 1. The fourth-order valence-electron chi connectivity index (χ4n) is 2.58. The quantitative estimate of drug-likeness (QED) is 0.616. The van der Waals surface area contributed by atoms with Gasteiger partial charge in [-0.3, -0.25) is 4.79 Å². The molecule has 25 heavy (non-hydrogen) atoms. The van der Waals surface area contributed by atoms with Crippen LogP contribution in [0.15, 0.2) is 40.4 Å². The van der Waals surface area contributed by atoms with E-state index in [9.17, 15) is 10.1 Å². The van der Waals surface area contributed by atoms with Crippen molar-refractivity contribution in [1.82, 2.24) is 0 Å². The average Bonchev–Trinajstić information content (AvgIpc) is 3.05. The van der Waals surface area contributed by atoms with Crippen LogP contribution >= 0.6 is 15.9 Å². The molecule has 0 atom stereocenters. The Balaban J connectivity index is 1.90. The van der Waals surface area contributed by atoms with Crippen molar-refractivity contribution >= 4 is 33.6 Å². The summed E-state index contributed by atoms with van der Waals surface area (Å²) in [5.74, 6) is 0.748. The number of hydrogen-bond acceptors (Lipinski definition) is 4. The standard InChI is InChI=1S/C19H15BrN2O3/c1-11-4-3-5-12(2)17(11)22-19(23)14(9-21)6-13-7-15(20)18-16(8-13)24-10-25-18/h3-8H,10H2,1-2H3,(H,22,23)/b14-6+. The highest BCUT2D eigenvalue weighted by atomic mass is 79.9. The topological polar surface area (TPSA) is 71.4 Å². The van der Waals surface area contributed by atoms with Crippen LogP contribution in [0.3, 0.4) is 0 Å². The molecule has 0 saturated heterocycles. The largest absolute Gasteiger partial charge is 0.454 e. The summed E-state index contributed by atoms with van der Waals surface area (Å²) < 4.78 is 11.4. The lowest BCUT2D eigenvalue weighted by Gasteiger charge is -2.11. The molecule has 1 N–H and O–H groups in total. The Kier molecular flexibility index (Phi) is 4.77. The van der Waals surface area contributed by atoms with Crippen LogP contribution in [0.2, 0.25) is 0 Å². The molecular weight excluding hydrogens is 384 g/mol. The molecular formula is C19H15BrN2O3. The molecule has 3 rings (SSSR count). The Morgan fingerprint density at radius 2 is 2.00 bits per heavy atom. The number of nitrogens with zero attached hydrogens (tertiary/aromatic N) is 1. The van der Waals surface area contributed by atoms with Crippen LogP contribution in [0.25, 0.3) is 6.08 Å². The Labute approximate surface area is 154 Å². The highest BCUT2D eigenvalue weighted by Gasteiger charge is 2.18. The van der Waals surface area contributed by atoms with Crippen molar-refractivity contribution in [3.63, 3.8) is 0 Å². The van der Waals surface area contributed by atoms with Crippen LogP contribution in [0.4, 0.5) is 5.69 Å². The summed E-state index contributed by atoms with van der Waals surface area (Å²) >= 11 is 3.40. The van der Waals surface area contributed by atoms with Crippen LogP contribution in [0, 0.1) is 25.2 Å². The van der Waals surface area contributed by atoms with Gasteiger partial charge in [-0.2, -0.15) is 5.26 Å². The summed E-state index contributed by atoms with van der Waals surface area (Å²) in [6, 6.07) is 11.2. The van der Waals surface area contributed by atoms with Gasteiger partial charge in [0, 0.05) is 5.69 Å². The molecule has 1 heterocycles. The molecule has 126 valence electrons. The van der Waals surface area contributed by atoms with Crippen molar-refractivity contribution in [1.29, 1.82) is 5.26 Å². The first-order valence-electron chi connectivity index (χ1n) is 7.58. The van der Waals surface area contributed by atoms with Gasteiger partial charge in [0.2, 0.25) is 6.79 Å². The fraction of sp³-hybridized carbons (Fsp3) is 0.158. The molecule has 6 heteroatoms. The summed E-state index contributed by atoms with van der Waals surface area (Å²) in [6.45, 7) is 3.97. The number of aryl methyl sites for hydroxylation is 2. The van der Waals surface area contributed by atoms with Crippen molar-refractivity contribution in [3.05, 3.63) is 57.1 Å². The van der Waals surface area contributed by atoms with Crippen LogP contribution in [-0.4, -0.2) is 12.7 Å². The lowest BCUT2D eigenvalue weighted by atomic mass is 10.1. The second-order valence-corrected chi connectivity index (χ2v) is 6.48. The molecule has 0 unspecified atom stereocenters. The number of carbonyl (C=O) groups is 1. The summed E-state index contributed by atoms with van der Waals surface area (Å²) in [6.07, 6.45) is 1.52. The van der Waals surface area contributed by atoms with Gasteiger partial charge in [-0.25, -0.2) is 0 Å². The lowest BCUT2D eigenvalue weighted by Crippen LogP contribution is -2.15. The average molecular weight is 399 g/mol. The summed E-state index contributed by atoms with van der Waals surface area (Å²) in [5.41, 5.74) is 3.28. The maximum absolute atomic E-state index is 12.5. The zero-order valence-corrected chi connectivity index (χ0v) is 15.3. The number of carbonyl (C=O) groups excluding carboxylic acids is 1. The van der Waals surface area contributed by atoms with Gasteiger partial charge >= 0.3 is 0 Å². The van der Waals surface area contributed by atoms with Crippen LogP contribution < -0.4 is 14.8 Å². The molecule has 0 aliphatic carbocycles. The van der Waals surface area contributed by atoms with Gasteiger partial charge in [-0.15, -0.1) is 0 Å². The second-order valence-electron chi connectivity index (χ2n) is 5.63. The minimum Gasteiger partial charge on any atom is -0.454 e. The first-order chi connectivity index (χ1) is 12.0. The Hall–Kier alpha value is -2.78. The third kappa shape index (κ3) is 3.52. The van der Waals surface area contributed by atoms with E-state index in [4.69, 9.17) is 9.47 Å². The number of para-hydroxylation sites is 1. The van der Waals surface area contributed by atoms with E-state index in [0.717, 1.165) is 16.8 Å². The Morgan fingerprint density at radius 3 is 2.68 bits per heavy atom. The van der Waals surface area contributed by atoms with E-state index in [1.165, 1.54) is 6.08 Å². The molecule has 1 amide bonds. The third-order valence-corrected chi connectivity index (χ3v) is 4.43. The zero-order valence-electron chi connectivity index (χ0n) is 13.7. The van der Waals surface area contributed by atoms with E-state index in [-0.39, 0.29) is 12.4 Å². The molecule has 5 nitrogen and oxygen atoms in total. The van der Waals surface area contributed by atoms with Crippen molar-refractivity contribution in [2.75, 3.05) is 12.1 Å². The van der Waals surface area contributed by atoms with Crippen molar-refractivity contribution in [2.24, 2.45) is 0 Å². The molecule has 1 aliphatic heterocycles. The van der Waals surface area contributed by atoms with Crippen molar-refractivity contribution < 1.29 is 14.3 Å². The van der Waals surface area contributed by atoms with Crippen molar-refractivity contribution in [2.45, 2.75) is 13.8 Å². The number of anilines is 1. The van der Waals surface area contributed by atoms with Gasteiger partial charge in [0.25, 0.3) is 5.91 Å².